The minimum absolute atomic E-state index is 0.788. The summed E-state index contributed by atoms with van der Waals surface area (Å²) in [7, 11) is 1.92. The van der Waals surface area contributed by atoms with Crippen LogP contribution >= 0.6 is 0 Å². The zero-order valence-corrected chi connectivity index (χ0v) is 14.1. The number of aromatic nitrogens is 3. The predicted octanol–water partition coefficient (Wildman–Crippen LogP) is 3.57. The highest BCUT2D eigenvalue weighted by molar-refractivity contribution is 5.75. The van der Waals surface area contributed by atoms with Crippen LogP contribution in [0.2, 0.25) is 0 Å². The van der Waals surface area contributed by atoms with Crippen molar-refractivity contribution >= 4 is 22.4 Å². The molecule has 0 spiro atoms. The van der Waals surface area contributed by atoms with E-state index < -0.39 is 0 Å². The average Bonchev–Trinajstić information content (AvgIpc) is 3.01. The molecule has 3 aromatic rings. The molecule has 0 unspecified atom stereocenters. The number of fused-ring (bicyclic) bond motifs is 1. The molecule has 1 aromatic heterocycles. The van der Waals surface area contributed by atoms with Gasteiger partial charge >= 0.3 is 0 Å². The van der Waals surface area contributed by atoms with Crippen LogP contribution in [0, 0.1) is 0 Å². The predicted molar refractivity (Wildman–Crippen MR) is 98.3 cm³/mol. The molecule has 0 bridgehead atoms. The lowest BCUT2D eigenvalue weighted by molar-refractivity contribution is 0.578. The molecule has 0 radical (unpaired) electrons. The summed E-state index contributed by atoms with van der Waals surface area (Å²) >= 11 is 0. The van der Waals surface area contributed by atoms with Crippen molar-refractivity contribution in [3.05, 3.63) is 48.0 Å². The lowest BCUT2D eigenvalue weighted by Crippen LogP contribution is -2.29. The molecule has 2 heterocycles. The molecule has 1 aliphatic heterocycles. The minimum Gasteiger partial charge on any atom is -0.381 e. The molecule has 1 fully saturated rings. The molecule has 1 aliphatic rings. The third kappa shape index (κ3) is 3.07. The standard InChI is InChI=1S/C19H23N5/c1-23-19-9-8-15(12-18(19)21-22-23)14-20-16-6-5-7-17(13-16)24-10-3-2-4-11-24/h5-9,12-13,20H,2-4,10-11,14H2,1H3. The van der Waals surface area contributed by atoms with Gasteiger partial charge in [0.05, 0.1) is 5.52 Å². The molecule has 5 nitrogen and oxygen atoms in total. The van der Waals surface area contributed by atoms with E-state index in [9.17, 15) is 0 Å². The molecule has 4 rings (SSSR count). The smallest absolute Gasteiger partial charge is 0.113 e. The van der Waals surface area contributed by atoms with E-state index in [0.717, 1.165) is 23.3 Å². The zero-order valence-electron chi connectivity index (χ0n) is 14.1. The van der Waals surface area contributed by atoms with Crippen LogP contribution in [0.1, 0.15) is 24.8 Å². The van der Waals surface area contributed by atoms with Gasteiger partial charge in [0.15, 0.2) is 0 Å². The topological polar surface area (TPSA) is 46.0 Å². The Hall–Kier alpha value is -2.56. The highest BCUT2D eigenvalue weighted by Gasteiger charge is 2.11. The number of piperidine rings is 1. The molecule has 1 N–H and O–H groups in total. The van der Waals surface area contributed by atoms with Gasteiger partial charge in [0.25, 0.3) is 0 Å². The molecule has 24 heavy (non-hydrogen) atoms. The van der Waals surface area contributed by atoms with Gasteiger partial charge < -0.3 is 10.2 Å². The summed E-state index contributed by atoms with van der Waals surface area (Å²) < 4.78 is 1.80. The van der Waals surface area contributed by atoms with E-state index in [4.69, 9.17) is 0 Å². The van der Waals surface area contributed by atoms with E-state index in [-0.39, 0.29) is 0 Å². The van der Waals surface area contributed by atoms with Crippen LogP contribution < -0.4 is 10.2 Å². The Morgan fingerprint density at radius 3 is 2.79 bits per heavy atom. The number of rotatable bonds is 4. The summed E-state index contributed by atoms with van der Waals surface area (Å²) in [5, 5.41) is 11.8. The van der Waals surface area contributed by atoms with Crippen molar-refractivity contribution < 1.29 is 0 Å². The summed E-state index contributed by atoms with van der Waals surface area (Å²) in [5.41, 5.74) is 5.71. The summed E-state index contributed by atoms with van der Waals surface area (Å²) in [6.07, 6.45) is 3.96. The molecule has 124 valence electrons. The highest BCUT2D eigenvalue weighted by Crippen LogP contribution is 2.23. The van der Waals surface area contributed by atoms with E-state index in [2.05, 4.69) is 63.0 Å². The second kappa shape index (κ2) is 6.51. The Bertz CT molecular complexity index is 833. The first-order valence-electron chi connectivity index (χ1n) is 8.67. The first-order valence-corrected chi connectivity index (χ1v) is 8.67. The quantitative estimate of drug-likeness (QED) is 0.798. The Morgan fingerprint density at radius 2 is 1.92 bits per heavy atom. The number of benzene rings is 2. The number of nitrogens with zero attached hydrogens (tertiary/aromatic N) is 4. The van der Waals surface area contributed by atoms with Gasteiger partial charge in [0.2, 0.25) is 0 Å². The van der Waals surface area contributed by atoms with Crippen molar-refractivity contribution in [2.45, 2.75) is 25.8 Å². The minimum atomic E-state index is 0.788. The number of hydrogen-bond acceptors (Lipinski definition) is 4. The van der Waals surface area contributed by atoms with Crippen molar-refractivity contribution in [3.8, 4) is 0 Å². The van der Waals surface area contributed by atoms with Gasteiger partial charge in [-0.05, 0) is 55.2 Å². The molecule has 5 heteroatoms. The van der Waals surface area contributed by atoms with E-state index in [1.807, 2.05) is 7.05 Å². The molecular weight excluding hydrogens is 298 g/mol. The third-order valence-corrected chi connectivity index (χ3v) is 4.74. The van der Waals surface area contributed by atoms with Crippen LogP contribution in [-0.4, -0.2) is 28.1 Å². The molecule has 0 atom stereocenters. The Kier molecular flexibility index (Phi) is 4.07. The van der Waals surface area contributed by atoms with Gasteiger partial charge in [-0.1, -0.05) is 17.3 Å². The highest BCUT2D eigenvalue weighted by atomic mass is 15.4. The summed E-state index contributed by atoms with van der Waals surface area (Å²) in [6, 6.07) is 15.0. The van der Waals surface area contributed by atoms with Crippen LogP contribution in [-0.2, 0) is 13.6 Å². The fourth-order valence-electron chi connectivity index (χ4n) is 3.36. The van der Waals surface area contributed by atoms with Gasteiger partial charge in [-0.2, -0.15) is 0 Å². The fraction of sp³-hybridized carbons (Fsp3) is 0.368. The van der Waals surface area contributed by atoms with Crippen LogP contribution in [0.15, 0.2) is 42.5 Å². The van der Waals surface area contributed by atoms with E-state index in [1.165, 1.54) is 43.6 Å². The zero-order chi connectivity index (χ0) is 16.4. The van der Waals surface area contributed by atoms with Crippen LogP contribution in [0.5, 0.6) is 0 Å². The summed E-state index contributed by atoms with van der Waals surface area (Å²) in [4.78, 5) is 2.49. The van der Waals surface area contributed by atoms with Gasteiger partial charge in [-0.3, -0.25) is 0 Å². The first-order chi connectivity index (χ1) is 11.8. The summed E-state index contributed by atoms with van der Waals surface area (Å²) in [5.74, 6) is 0. The monoisotopic (exact) mass is 321 g/mol. The maximum absolute atomic E-state index is 4.19. The van der Waals surface area contributed by atoms with Crippen molar-refractivity contribution in [3.63, 3.8) is 0 Å². The van der Waals surface area contributed by atoms with Crippen molar-refractivity contribution in [2.24, 2.45) is 7.05 Å². The van der Waals surface area contributed by atoms with Crippen molar-refractivity contribution in [2.75, 3.05) is 23.3 Å². The maximum Gasteiger partial charge on any atom is 0.113 e. The second-order valence-electron chi connectivity index (χ2n) is 6.49. The van der Waals surface area contributed by atoms with Crippen molar-refractivity contribution in [1.82, 2.24) is 15.0 Å². The number of aryl methyl sites for hydroxylation is 1. The molecule has 0 aliphatic carbocycles. The van der Waals surface area contributed by atoms with Crippen LogP contribution in [0.3, 0.4) is 0 Å². The van der Waals surface area contributed by atoms with Gasteiger partial charge in [0, 0.05) is 38.1 Å². The van der Waals surface area contributed by atoms with Crippen LogP contribution in [0.4, 0.5) is 11.4 Å². The van der Waals surface area contributed by atoms with E-state index >= 15 is 0 Å². The molecule has 1 saturated heterocycles. The number of anilines is 2. The van der Waals surface area contributed by atoms with Gasteiger partial charge in [0.1, 0.15) is 5.52 Å². The first kappa shape index (κ1) is 15.0. The van der Waals surface area contributed by atoms with Gasteiger partial charge in [-0.25, -0.2) is 4.68 Å². The van der Waals surface area contributed by atoms with Crippen LogP contribution in [0.25, 0.3) is 11.0 Å². The average molecular weight is 321 g/mol. The molecule has 2 aromatic carbocycles. The van der Waals surface area contributed by atoms with E-state index in [0.29, 0.717) is 0 Å². The molecule has 0 amide bonds. The SMILES string of the molecule is Cn1nnc2cc(CNc3cccc(N4CCCCC4)c3)ccc21. The normalized spacial score (nSPS) is 15.0. The fourth-order valence-corrected chi connectivity index (χ4v) is 3.36. The van der Waals surface area contributed by atoms with Gasteiger partial charge in [-0.15, -0.1) is 5.10 Å². The largest absolute Gasteiger partial charge is 0.381 e. The number of hydrogen-bond donors (Lipinski definition) is 1. The molecule has 0 saturated carbocycles. The third-order valence-electron chi connectivity index (χ3n) is 4.74. The lowest BCUT2D eigenvalue weighted by Gasteiger charge is -2.29. The number of nitrogens with one attached hydrogen (secondary N) is 1. The van der Waals surface area contributed by atoms with E-state index in [1.54, 1.807) is 4.68 Å². The molecular formula is C19H23N5. The van der Waals surface area contributed by atoms with Crippen molar-refractivity contribution in [1.29, 1.82) is 0 Å². The summed E-state index contributed by atoms with van der Waals surface area (Å²) in [6.45, 7) is 3.13. The second-order valence-corrected chi connectivity index (χ2v) is 6.49. The Labute approximate surface area is 142 Å². The maximum atomic E-state index is 4.19. The Balaban J connectivity index is 1.46. The Morgan fingerprint density at radius 1 is 1.04 bits per heavy atom. The lowest BCUT2D eigenvalue weighted by atomic mass is 10.1.